The molecule has 0 fully saturated rings. The fraction of sp³-hybridized carbons (Fsp3) is 0.375. The first-order valence-corrected chi connectivity index (χ1v) is 7.25. The summed E-state index contributed by atoms with van der Waals surface area (Å²) in [6, 6.07) is 5.70. The number of aromatic nitrogens is 2. The van der Waals surface area contributed by atoms with Gasteiger partial charge in [0, 0.05) is 19.5 Å². The predicted molar refractivity (Wildman–Crippen MR) is 78.9 cm³/mol. The zero-order chi connectivity index (χ0) is 14.6. The van der Waals surface area contributed by atoms with E-state index >= 15 is 0 Å². The van der Waals surface area contributed by atoms with Gasteiger partial charge >= 0.3 is 0 Å². The Morgan fingerprint density at radius 2 is 2.24 bits per heavy atom. The standard InChI is InChI=1S/C16H17N3O2/c1-9-8-13(21-10(9)2)15-18-12-5-3-4-11-14(12)19(15)7-6-17-16(11)20/h3-5,13H,6-8H2,1-2H3,(H,17,20). The van der Waals surface area contributed by atoms with Crippen LogP contribution in [0.5, 0.6) is 0 Å². The molecule has 108 valence electrons. The molecule has 1 aromatic carbocycles. The highest BCUT2D eigenvalue weighted by Gasteiger charge is 2.29. The van der Waals surface area contributed by atoms with Crippen LogP contribution in [-0.4, -0.2) is 22.0 Å². The van der Waals surface area contributed by atoms with Crippen molar-refractivity contribution in [3.8, 4) is 0 Å². The quantitative estimate of drug-likeness (QED) is 0.875. The maximum atomic E-state index is 12.1. The Balaban J connectivity index is 1.90. The lowest BCUT2D eigenvalue weighted by molar-refractivity contribution is 0.0956. The first-order valence-electron chi connectivity index (χ1n) is 7.25. The molecule has 21 heavy (non-hydrogen) atoms. The van der Waals surface area contributed by atoms with Gasteiger partial charge in [0.05, 0.1) is 22.4 Å². The van der Waals surface area contributed by atoms with Gasteiger partial charge in [-0.1, -0.05) is 6.07 Å². The second-order valence-corrected chi connectivity index (χ2v) is 5.70. The minimum Gasteiger partial charge on any atom is -0.487 e. The highest BCUT2D eigenvalue weighted by atomic mass is 16.5. The minimum absolute atomic E-state index is 0.0244. The summed E-state index contributed by atoms with van der Waals surface area (Å²) >= 11 is 0. The summed E-state index contributed by atoms with van der Waals surface area (Å²) in [6.07, 6.45) is 0.824. The fourth-order valence-corrected chi connectivity index (χ4v) is 3.16. The van der Waals surface area contributed by atoms with E-state index in [2.05, 4.69) is 16.8 Å². The Morgan fingerprint density at radius 3 is 3.00 bits per heavy atom. The van der Waals surface area contributed by atoms with Crippen LogP contribution in [0.3, 0.4) is 0 Å². The van der Waals surface area contributed by atoms with Crippen LogP contribution >= 0.6 is 0 Å². The Kier molecular flexibility index (Phi) is 2.58. The molecule has 0 bridgehead atoms. The van der Waals surface area contributed by atoms with Gasteiger partial charge < -0.3 is 14.6 Å². The Morgan fingerprint density at radius 1 is 1.38 bits per heavy atom. The van der Waals surface area contributed by atoms with Gasteiger partial charge in [0.1, 0.15) is 0 Å². The van der Waals surface area contributed by atoms with E-state index in [-0.39, 0.29) is 12.0 Å². The second-order valence-electron chi connectivity index (χ2n) is 5.70. The molecule has 5 nitrogen and oxygen atoms in total. The fourth-order valence-electron chi connectivity index (χ4n) is 3.16. The number of para-hydroxylation sites is 1. The summed E-state index contributed by atoms with van der Waals surface area (Å²) in [5, 5.41) is 2.93. The molecule has 0 saturated carbocycles. The Hall–Kier alpha value is -2.30. The van der Waals surface area contributed by atoms with Gasteiger partial charge in [-0.05, 0) is 31.6 Å². The lowest BCUT2D eigenvalue weighted by atomic mass is 10.1. The van der Waals surface area contributed by atoms with E-state index in [0.29, 0.717) is 12.1 Å². The summed E-state index contributed by atoms with van der Waals surface area (Å²) in [5.41, 5.74) is 3.75. The zero-order valence-corrected chi connectivity index (χ0v) is 12.1. The number of ether oxygens (including phenoxy) is 1. The normalized spacial score (nSPS) is 21.4. The van der Waals surface area contributed by atoms with Gasteiger partial charge in [-0.25, -0.2) is 4.98 Å². The van der Waals surface area contributed by atoms with Crippen LogP contribution in [0, 0.1) is 0 Å². The number of benzene rings is 1. The van der Waals surface area contributed by atoms with E-state index in [0.717, 1.165) is 35.6 Å². The van der Waals surface area contributed by atoms with Crippen molar-refractivity contribution in [1.29, 1.82) is 0 Å². The molecule has 4 rings (SSSR count). The van der Waals surface area contributed by atoms with E-state index in [1.165, 1.54) is 5.57 Å². The molecule has 3 heterocycles. The van der Waals surface area contributed by atoms with Crippen molar-refractivity contribution < 1.29 is 9.53 Å². The van der Waals surface area contributed by atoms with E-state index in [1.54, 1.807) is 0 Å². The van der Waals surface area contributed by atoms with Crippen LogP contribution in [0.25, 0.3) is 11.0 Å². The van der Waals surface area contributed by atoms with Crippen LogP contribution in [0.2, 0.25) is 0 Å². The van der Waals surface area contributed by atoms with E-state index in [4.69, 9.17) is 9.72 Å². The van der Waals surface area contributed by atoms with E-state index in [9.17, 15) is 4.79 Å². The van der Waals surface area contributed by atoms with Crippen molar-refractivity contribution in [2.45, 2.75) is 32.9 Å². The van der Waals surface area contributed by atoms with E-state index < -0.39 is 0 Å². The second kappa shape index (κ2) is 4.35. The molecule has 2 aliphatic heterocycles. The molecule has 1 N–H and O–H groups in total. The maximum absolute atomic E-state index is 12.1. The summed E-state index contributed by atoms with van der Waals surface area (Å²) in [4.78, 5) is 16.9. The van der Waals surface area contributed by atoms with Gasteiger partial charge in [-0.2, -0.15) is 0 Å². The summed E-state index contributed by atoms with van der Waals surface area (Å²) in [6.45, 7) is 5.43. The summed E-state index contributed by atoms with van der Waals surface area (Å²) in [7, 11) is 0. The predicted octanol–water partition coefficient (Wildman–Crippen LogP) is 2.54. The molecular weight excluding hydrogens is 266 g/mol. The largest absolute Gasteiger partial charge is 0.487 e. The van der Waals surface area contributed by atoms with Gasteiger partial charge in [0.25, 0.3) is 5.91 Å². The van der Waals surface area contributed by atoms with Crippen LogP contribution in [-0.2, 0) is 11.3 Å². The van der Waals surface area contributed by atoms with Gasteiger partial charge in [0.2, 0.25) is 0 Å². The van der Waals surface area contributed by atoms with Crippen molar-refractivity contribution in [3.63, 3.8) is 0 Å². The van der Waals surface area contributed by atoms with Crippen molar-refractivity contribution in [3.05, 3.63) is 40.9 Å². The van der Waals surface area contributed by atoms with Crippen molar-refractivity contribution >= 4 is 16.9 Å². The molecular formula is C16H17N3O2. The third-order valence-corrected chi connectivity index (χ3v) is 4.36. The molecule has 2 aromatic rings. The smallest absolute Gasteiger partial charge is 0.253 e. The first-order chi connectivity index (χ1) is 10.1. The molecule has 0 saturated heterocycles. The third-order valence-electron chi connectivity index (χ3n) is 4.36. The number of carbonyl (C=O) groups excluding carboxylic acids is 1. The molecule has 2 aliphatic rings. The van der Waals surface area contributed by atoms with Crippen LogP contribution < -0.4 is 5.32 Å². The Bertz CT molecular complexity index is 774. The molecule has 0 spiro atoms. The number of hydrogen-bond donors (Lipinski definition) is 1. The van der Waals surface area contributed by atoms with Gasteiger partial charge in [0.15, 0.2) is 11.9 Å². The highest BCUT2D eigenvalue weighted by molar-refractivity contribution is 6.05. The SMILES string of the molecule is CC1=C(C)OC(c2nc3cccc4c3n2CCNC4=O)C1. The number of allylic oxidation sites excluding steroid dienone is 1. The topological polar surface area (TPSA) is 56.1 Å². The zero-order valence-electron chi connectivity index (χ0n) is 12.1. The number of imidazole rings is 1. The van der Waals surface area contributed by atoms with Crippen molar-refractivity contribution in [1.82, 2.24) is 14.9 Å². The minimum atomic E-state index is -0.0431. The molecule has 1 unspecified atom stereocenters. The first kappa shape index (κ1) is 12.4. The lowest BCUT2D eigenvalue weighted by Crippen LogP contribution is -2.24. The van der Waals surface area contributed by atoms with Gasteiger partial charge in [-0.15, -0.1) is 0 Å². The summed E-state index contributed by atoms with van der Waals surface area (Å²) in [5.74, 6) is 1.89. The van der Waals surface area contributed by atoms with Crippen LogP contribution in [0.1, 0.15) is 42.6 Å². The highest BCUT2D eigenvalue weighted by Crippen LogP contribution is 2.37. The molecule has 1 amide bonds. The Labute approximate surface area is 122 Å². The van der Waals surface area contributed by atoms with Crippen molar-refractivity contribution in [2.24, 2.45) is 0 Å². The number of nitrogens with zero attached hydrogens (tertiary/aromatic N) is 2. The molecule has 5 heteroatoms. The number of hydrogen-bond acceptors (Lipinski definition) is 3. The monoisotopic (exact) mass is 283 g/mol. The van der Waals surface area contributed by atoms with Crippen LogP contribution in [0.4, 0.5) is 0 Å². The third kappa shape index (κ3) is 1.77. The van der Waals surface area contributed by atoms with Gasteiger partial charge in [-0.3, -0.25) is 4.79 Å². The average molecular weight is 283 g/mol. The number of amides is 1. The van der Waals surface area contributed by atoms with Crippen LogP contribution in [0.15, 0.2) is 29.5 Å². The average Bonchev–Trinajstić information content (AvgIpc) is 2.94. The number of rotatable bonds is 1. The van der Waals surface area contributed by atoms with Crippen molar-refractivity contribution in [2.75, 3.05) is 6.54 Å². The summed E-state index contributed by atoms with van der Waals surface area (Å²) < 4.78 is 8.09. The molecule has 0 aliphatic carbocycles. The lowest BCUT2D eigenvalue weighted by Gasteiger charge is -2.14. The van der Waals surface area contributed by atoms with E-state index in [1.807, 2.05) is 25.1 Å². The number of carbonyl (C=O) groups is 1. The molecule has 1 atom stereocenters. The number of nitrogens with one attached hydrogen (secondary N) is 1. The molecule has 1 aromatic heterocycles. The maximum Gasteiger partial charge on any atom is 0.253 e. The molecule has 0 radical (unpaired) electrons.